The Morgan fingerprint density at radius 3 is 2.36 bits per heavy atom. The smallest absolute Gasteiger partial charge is 0.157 e. The van der Waals surface area contributed by atoms with Crippen molar-refractivity contribution in [3.63, 3.8) is 0 Å². The molecular weight excluding hydrogens is 353 g/mol. The first-order valence-electron chi connectivity index (χ1n) is 7.75. The number of nitrogens with one attached hydrogen (secondary N) is 1. The van der Waals surface area contributed by atoms with E-state index in [2.05, 4.69) is 9.97 Å². The van der Waals surface area contributed by atoms with E-state index in [0.717, 1.165) is 28.2 Å². The Morgan fingerprint density at radius 1 is 0.800 bits per heavy atom. The Kier molecular flexibility index (Phi) is 4.26. The van der Waals surface area contributed by atoms with E-state index >= 15 is 0 Å². The molecule has 0 aliphatic heterocycles. The third kappa shape index (κ3) is 3.04. The lowest BCUT2D eigenvalue weighted by Crippen LogP contribution is -1.85. The molecule has 0 spiro atoms. The van der Waals surface area contributed by atoms with Gasteiger partial charge in [0.25, 0.3) is 0 Å². The first-order valence-corrected chi connectivity index (χ1v) is 8.51. The molecule has 1 N–H and O–H groups in total. The summed E-state index contributed by atoms with van der Waals surface area (Å²) in [6, 6.07) is 21.3. The fraction of sp³-hybridized carbons (Fsp3) is 0. The zero-order valence-electron chi connectivity index (χ0n) is 13.1. The number of rotatable bonds is 3. The van der Waals surface area contributed by atoms with Crippen molar-refractivity contribution >= 4 is 23.2 Å². The van der Waals surface area contributed by atoms with Gasteiger partial charge >= 0.3 is 0 Å². The predicted molar refractivity (Wildman–Crippen MR) is 103 cm³/mol. The van der Waals surface area contributed by atoms with Gasteiger partial charge in [-0.05, 0) is 18.2 Å². The minimum Gasteiger partial charge on any atom is -0.336 e. The second kappa shape index (κ2) is 6.71. The monoisotopic (exact) mass is 365 g/mol. The van der Waals surface area contributed by atoms with E-state index < -0.39 is 0 Å². The first-order chi connectivity index (χ1) is 12.2. The standard InChI is InChI=1S/C20H13Cl2N3/c21-15-10-6-9-14(17(15)22)19-18(13-7-2-1-3-8-13)24-20(25-19)16-11-4-5-12-23-16/h1-12H,(H,24,25). The molecular formula is C20H13Cl2N3. The Bertz CT molecular complexity index is 1010. The normalized spacial score (nSPS) is 10.8. The molecule has 0 fully saturated rings. The lowest BCUT2D eigenvalue weighted by molar-refractivity contribution is 1.22. The molecule has 4 rings (SSSR count). The molecule has 0 aliphatic carbocycles. The summed E-state index contributed by atoms with van der Waals surface area (Å²) >= 11 is 12.6. The fourth-order valence-corrected chi connectivity index (χ4v) is 3.08. The molecule has 2 aromatic heterocycles. The summed E-state index contributed by atoms with van der Waals surface area (Å²) in [7, 11) is 0. The number of imidazole rings is 1. The van der Waals surface area contributed by atoms with Gasteiger partial charge in [0.1, 0.15) is 5.69 Å². The van der Waals surface area contributed by atoms with Crippen molar-refractivity contribution in [1.82, 2.24) is 15.0 Å². The Morgan fingerprint density at radius 2 is 1.60 bits per heavy atom. The number of H-pyrrole nitrogens is 1. The van der Waals surface area contributed by atoms with E-state index in [1.54, 1.807) is 12.3 Å². The molecule has 0 unspecified atom stereocenters. The zero-order valence-corrected chi connectivity index (χ0v) is 14.6. The highest BCUT2D eigenvalue weighted by Gasteiger charge is 2.18. The number of pyridine rings is 1. The van der Waals surface area contributed by atoms with Crippen LogP contribution in [0.2, 0.25) is 10.0 Å². The van der Waals surface area contributed by atoms with Crippen molar-refractivity contribution < 1.29 is 0 Å². The van der Waals surface area contributed by atoms with Crippen molar-refractivity contribution in [3.05, 3.63) is 83.0 Å². The molecule has 2 heterocycles. The van der Waals surface area contributed by atoms with Crippen LogP contribution in [0.4, 0.5) is 0 Å². The summed E-state index contributed by atoms with van der Waals surface area (Å²) in [5, 5.41) is 0.987. The van der Waals surface area contributed by atoms with Crippen LogP contribution in [0.25, 0.3) is 34.0 Å². The SMILES string of the molecule is Clc1cccc(-c2nc(-c3ccccn3)[nH]c2-c2ccccc2)c1Cl. The number of hydrogen-bond donors (Lipinski definition) is 1. The molecule has 122 valence electrons. The van der Waals surface area contributed by atoms with E-state index in [4.69, 9.17) is 28.2 Å². The van der Waals surface area contributed by atoms with Gasteiger partial charge in [-0.3, -0.25) is 4.98 Å². The molecule has 0 saturated carbocycles. The minimum absolute atomic E-state index is 0.486. The van der Waals surface area contributed by atoms with Crippen molar-refractivity contribution in [3.8, 4) is 34.0 Å². The summed E-state index contributed by atoms with van der Waals surface area (Å²) in [5.41, 5.74) is 4.20. The number of halogens is 2. The maximum Gasteiger partial charge on any atom is 0.157 e. The van der Waals surface area contributed by atoms with Gasteiger partial charge in [-0.25, -0.2) is 4.98 Å². The molecule has 0 saturated heterocycles. The minimum atomic E-state index is 0.486. The lowest BCUT2D eigenvalue weighted by atomic mass is 10.1. The summed E-state index contributed by atoms with van der Waals surface area (Å²) in [4.78, 5) is 12.5. The first kappa shape index (κ1) is 15.9. The largest absolute Gasteiger partial charge is 0.336 e. The molecule has 0 aliphatic rings. The molecule has 5 heteroatoms. The molecule has 25 heavy (non-hydrogen) atoms. The van der Waals surface area contributed by atoms with Crippen LogP contribution in [0.15, 0.2) is 72.9 Å². The third-order valence-electron chi connectivity index (χ3n) is 3.88. The molecule has 0 atom stereocenters. The fourth-order valence-electron chi connectivity index (χ4n) is 2.69. The summed E-state index contributed by atoms with van der Waals surface area (Å²) in [5.74, 6) is 0.686. The van der Waals surface area contributed by atoms with Gasteiger partial charge in [-0.1, -0.05) is 71.7 Å². The second-order valence-corrected chi connectivity index (χ2v) is 6.28. The molecule has 2 aromatic carbocycles. The number of benzene rings is 2. The van der Waals surface area contributed by atoms with Crippen LogP contribution in [-0.4, -0.2) is 15.0 Å². The Balaban J connectivity index is 1.96. The maximum atomic E-state index is 6.44. The summed E-state index contributed by atoms with van der Waals surface area (Å²) in [6.45, 7) is 0. The van der Waals surface area contributed by atoms with Crippen LogP contribution in [0.3, 0.4) is 0 Å². The number of hydrogen-bond acceptors (Lipinski definition) is 2. The average Bonchev–Trinajstić information content (AvgIpc) is 3.11. The van der Waals surface area contributed by atoms with Crippen LogP contribution in [0, 0.1) is 0 Å². The van der Waals surface area contributed by atoms with Crippen LogP contribution in [0.5, 0.6) is 0 Å². The van der Waals surface area contributed by atoms with E-state index in [0.29, 0.717) is 15.9 Å². The molecule has 0 amide bonds. The predicted octanol–water partition coefficient (Wildman–Crippen LogP) is 6.11. The van der Waals surface area contributed by atoms with Crippen molar-refractivity contribution in [2.24, 2.45) is 0 Å². The third-order valence-corrected chi connectivity index (χ3v) is 4.70. The summed E-state index contributed by atoms with van der Waals surface area (Å²) < 4.78 is 0. The maximum absolute atomic E-state index is 6.44. The Hall–Kier alpha value is -2.62. The second-order valence-electron chi connectivity index (χ2n) is 5.49. The van der Waals surface area contributed by atoms with Gasteiger partial charge in [0.15, 0.2) is 5.82 Å². The van der Waals surface area contributed by atoms with E-state index in [-0.39, 0.29) is 0 Å². The van der Waals surface area contributed by atoms with Crippen LogP contribution >= 0.6 is 23.2 Å². The van der Waals surface area contributed by atoms with Crippen LogP contribution < -0.4 is 0 Å². The van der Waals surface area contributed by atoms with Gasteiger partial charge in [0, 0.05) is 17.3 Å². The highest BCUT2D eigenvalue weighted by molar-refractivity contribution is 6.43. The van der Waals surface area contributed by atoms with E-state index in [1.807, 2.05) is 60.7 Å². The molecule has 0 bridgehead atoms. The van der Waals surface area contributed by atoms with Crippen LogP contribution in [-0.2, 0) is 0 Å². The topological polar surface area (TPSA) is 41.6 Å². The van der Waals surface area contributed by atoms with Gasteiger partial charge in [0.05, 0.1) is 21.4 Å². The number of nitrogens with zero attached hydrogens (tertiary/aromatic N) is 2. The molecule has 0 radical (unpaired) electrons. The van der Waals surface area contributed by atoms with Crippen LogP contribution in [0.1, 0.15) is 0 Å². The molecule has 4 aromatic rings. The molecule has 3 nitrogen and oxygen atoms in total. The van der Waals surface area contributed by atoms with Gasteiger partial charge in [-0.15, -0.1) is 0 Å². The number of aromatic nitrogens is 3. The highest BCUT2D eigenvalue weighted by Crippen LogP contribution is 2.38. The number of aromatic amines is 1. The quantitative estimate of drug-likeness (QED) is 0.475. The van der Waals surface area contributed by atoms with Crippen molar-refractivity contribution in [2.45, 2.75) is 0 Å². The van der Waals surface area contributed by atoms with E-state index in [1.165, 1.54) is 0 Å². The van der Waals surface area contributed by atoms with Crippen molar-refractivity contribution in [1.29, 1.82) is 0 Å². The van der Waals surface area contributed by atoms with Gasteiger partial charge < -0.3 is 4.98 Å². The van der Waals surface area contributed by atoms with E-state index in [9.17, 15) is 0 Å². The van der Waals surface area contributed by atoms with Crippen molar-refractivity contribution in [2.75, 3.05) is 0 Å². The zero-order chi connectivity index (χ0) is 17.2. The lowest BCUT2D eigenvalue weighted by Gasteiger charge is -2.06. The van der Waals surface area contributed by atoms with Gasteiger partial charge in [0.2, 0.25) is 0 Å². The highest BCUT2D eigenvalue weighted by atomic mass is 35.5. The average molecular weight is 366 g/mol. The summed E-state index contributed by atoms with van der Waals surface area (Å²) in [6.07, 6.45) is 1.74. The Labute approximate surface area is 155 Å². The van der Waals surface area contributed by atoms with Gasteiger partial charge in [-0.2, -0.15) is 0 Å².